The Labute approximate surface area is 346 Å². The van der Waals surface area contributed by atoms with Gasteiger partial charge in [-0.05, 0) is 145 Å². The molecule has 0 saturated heterocycles. The molecule has 7 rings (SSSR count). The number of aromatic hydroxyl groups is 2. The van der Waals surface area contributed by atoms with E-state index in [1.807, 2.05) is 12.1 Å². The van der Waals surface area contributed by atoms with Crippen molar-refractivity contribution < 1.29 is 39.7 Å². The highest BCUT2D eigenvalue weighted by atomic mass is 16.5. The van der Waals surface area contributed by atoms with E-state index in [9.17, 15) is 25.5 Å². The number of allylic oxidation sites excluding steroid dienone is 2. The van der Waals surface area contributed by atoms with Crippen LogP contribution in [0, 0.1) is 35.5 Å². The van der Waals surface area contributed by atoms with Crippen LogP contribution in [0.25, 0.3) is 11.1 Å². The van der Waals surface area contributed by atoms with E-state index in [0.717, 1.165) is 84.7 Å². The summed E-state index contributed by atoms with van der Waals surface area (Å²) >= 11 is 0. The van der Waals surface area contributed by atoms with Crippen LogP contribution in [0.1, 0.15) is 132 Å². The SMILES string of the molecule is CCCCC[C@H](C)[C@@H]1C[C@H]([C@H]2Cc3cc(O)c(CC(C)C)cc3-c3c(OC)cc4c(c32)C[C@@H](O)[C@H](c2ccc(O)c(O[C@H]3CCC[C@H](CO)C3)c2)O4)C=C[C@H]1CCO. The molecule has 316 valence electrons. The molecule has 3 aliphatic carbocycles. The monoisotopic (exact) mass is 796 g/mol. The van der Waals surface area contributed by atoms with Crippen LogP contribution in [-0.4, -0.2) is 58.1 Å². The largest absolute Gasteiger partial charge is 0.508 e. The molecule has 1 fully saturated rings. The minimum Gasteiger partial charge on any atom is -0.508 e. The Balaban J connectivity index is 1.29. The molecular weight excluding hydrogens is 729 g/mol. The maximum atomic E-state index is 12.1. The van der Waals surface area contributed by atoms with Crippen LogP contribution in [-0.2, 0) is 19.3 Å². The third kappa shape index (κ3) is 8.90. The van der Waals surface area contributed by atoms with E-state index in [-0.39, 0.29) is 42.8 Å². The lowest BCUT2D eigenvalue weighted by atomic mass is 9.63. The molecule has 0 bridgehead atoms. The smallest absolute Gasteiger partial charge is 0.161 e. The van der Waals surface area contributed by atoms with E-state index < -0.39 is 12.2 Å². The van der Waals surface area contributed by atoms with Gasteiger partial charge in [0.1, 0.15) is 23.4 Å². The number of phenolic OH excluding ortho intramolecular Hbond substituents is 2. The number of unbranched alkanes of at least 4 members (excludes halogenated alkanes) is 2. The van der Waals surface area contributed by atoms with Crippen LogP contribution in [0.4, 0.5) is 0 Å². The second-order valence-corrected chi connectivity index (χ2v) is 18.5. The minimum absolute atomic E-state index is 0.0421. The number of aliphatic hydroxyl groups excluding tert-OH is 3. The fourth-order valence-electron chi connectivity index (χ4n) is 10.9. The van der Waals surface area contributed by atoms with Crippen LogP contribution in [0.15, 0.2) is 48.6 Å². The van der Waals surface area contributed by atoms with Crippen molar-refractivity contribution in [3.05, 3.63) is 76.4 Å². The number of hydrogen-bond donors (Lipinski definition) is 5. The third-order valence-electron chi connectivity index (χ3n) is 13.9. The van der Waals surface area contributed by atoms with Crippen molar-refractivity contribution >= 4 is 0 Å². The molecule has 4 aliphatic rings. The first-order chi connectivity index (χ1) is 28.0. The zero-order valence-electron chi connectivity index (χ0n) is 35.5. The first kappa shape index (κ1) is 42.4. The number of benzene rings is 3. The van der Waals surface area contributed by atoms with Gasteiger partial charge in [-0.1, -0.05) is 71.6 Å². The standard InChI is InChI=1S/C50H68O8/c1-6-7-8-10-30(4)38-21-33(14-13-32(38)17-18-51)39-22-35-24-43(54)36(19-29(2)3)23-40(35)49-47(56-5)27-45-41(48(39)49)26-44(55)50(58-45)34-15-16-42(53)46(25-34)57-37-12-9-11-31(20-37)28-52/h13-16,23-25,27,29-33,37-39,44,50-55H,6-12,17-22,26,28H2,1-5H3/t30-,31-,32-,33+,37-,38-,39+,44+,50-/m0/s1. The van der Waals surface area contributed by atoms with E-state index in [0.29, 0.717) is 53.1 Å². The summed E-state index contributed by atoms with van der Waals surface area (Å²) in [6.07, 6.45) is 15.1. The average molecular weight is 797 g/mol. The summed E-state index contributed by atoms with van der Waals surface area (Å²) in [5.74, 6) is 4.25. The molecule has 9 atom stereocenters. The molecule has 0 aromatic heterocycles. The first-order valence-electron chi connectivity index (χ1n) is 22.4. The van der Waals surface area contributed by atoms with Gasteiger partial charge in [0.05, 0.1) is 19.3 Å². The van der Waals surface area contributed by atoms with Crippen LogP contribution >= 0.6 is 0 Å². The fourth-order valence-corrected chi connectivity index (χ4v) is 10.9. The molecule has 0 unspecified atom stereocenters. The van der Waals surface area contributed by atoms with Crippen LogP contribution in [0.5, 0.6) is 28.7 Å². The molecule has 3 aromatic rings. The molecule has 1 saturated carbocycles. The number of fused-ring (bicyclic) bond motifs is 5. The Kier molecular flexibility index (Phi) is 13.7. The number of ether oxygens (including phenoxy) is 3. The predicted octanol–water partition coefficient (Wildman–Crippen LogP) is 9.99. The molecule has 5 N–H and O–H groups in total. The highest BCUT2D eigenvalue weighted by Gasteiger charge is 2.42. The number of phenols is 2. The number of methoxy groups -OCH3 is 1. The molecule has 3 aromatic carbocycles. The number of aliphatic hydroxyl groups is 3. The van der Waals surface area contributed by atoms with Gasteiger partial charge in [0.2, 0.25) is 0 Å². The topological polar surface area (TPSA) is 129 Å². The maximum absolute atomic E-state index is 12.1. The van der Waals surface area contributed by atoms with E-state index in [1.54, 1.807) is 25.3 Å². The molecule has 8 heteroatoms. The summed E-state index contributed by atoms with van der Waals surface area (Å²) in [5.41, 5.74) is 7.01. The van der Waals surface area contributed by atoms with Crippen LogP contribution < -0.4 is 14.2 Å². The minimum atomic E-state index is -0.864. The highest BCUT2D eigenvalue weighted by Crippen LogP contribution is 2.56. The summed E-state index contributed by atoms with van der Waals surface area (Å²) in [6, 6.07) is 11.3. The van der Waals surface area contributed by atoms with Gasteiger partial charge in [0.25, 0.3) is 0 Å². The van der Waals surface area contributed by atoms with Crippen molar-refractivity contribution in [2.45, 2.75) is 135 Å². The molecule has 1 heterocycles. The van der Waals surface area contributed by atoms with Crippen molar-refractivity contribution in [2.24, 2.45) is 35.5 Å². The summed E-state index contributed by atoms with van der Waals surface area (Å²) in [6.45, 7) is 9.29. The summed E-state index contributed by atoms with van der Waals surface area (Å²) in [4.78, 5) is 0. The maximum Gasteiger partial charge on any atom is 0.161 e. The third-order valence-corrected chi connectivity index (χ3v) is 13.9. The zero-order chi connectivity index (χ0) is 41.1. The van der Waals surface area contributed by atoms with Crippen molar-refractivity contribution in [2.75, 3.05) is 20.3 Å². The van der Waals surface area contributed by atoms with Gasteiger partial charge in [-0.25, -0.2) is 0 Å². The lowest BCUT2D eigenvalue weighted by Gasteiger charge is -2.43. The second kappa shape index (κ2) is 18.7. The normalized spacial score (nSPS) is 27.0. The van der Waals surface area contributed by atoms with Crippen molar-refractivity contribution in [1.29, 1.82) is 0 Å². The molecule has 8 nitrogen and oxygen atoms in total. The van der Waals surface area contributed by atoms with Gasteiger partial charge in [0.15, 0.2) is 11.5 Å². The first-order valence-corrected chi connectivity index (χ1v) is 22.4. The average Bonchev–Trinajstić information content (AvgIpc) is 3.21. The zero-order valence-corrected chi connectivity index (χ0v) is 35.5. The van der Waals surface area contributed by atoms with Gasteiger partial charge in [-0.15, -0.1) is 0 Å². The second-order valence-electron chi connectivity index (χ2n) is 18.5. The molecule has 0 amide bonds. The van der Waals surface area contributed by atoms with E-state index >= 15 is 0 Å². The van der Waals surface area contributed by atoms with Gasteiger partial charge < -0.3 is 39.7 Å². The van der Waals surface area contributed by atoms with Crippen LogP contribution in [0.3, 0.4) is 0 Å². The highest BCUT2D eigenvalue weighted by molar-refractivity contribution is 5.83. The van der Waals surface area contributed by atoms with Gasteiger partial charge in [0, 0.05) is 36.8 Å². The summed E-state index contributed by atoms with van der Waals surface area (Å²) in [5, 5.41) is 54.2. The van der Waals surface area contributed by atoms with Crippen molar-refractivity contribution in [3.8, 4) is 39.9 Å². The predicted molar refractivity (Wildman–Crippen MR) is 229 cm³/mol. The van der Waals surface area contributed by atoms with Crippen molar-refractivity contribution in [1.82, 2.24) is 0 Å². The Morgan fingerprint density at radius 1 is 0.914 bits per heavy atom. The fraction of sp³-hybridized carbons (Fsp3) is 0.600. The lowest BCUT2D eigenvalue weighted by Crippen LogP contribution is -2.34. The van der Waals surface area contributed by atoms with E-state index in [2.05, 4.69) is 45.9 Å². The number of rotatable bonds is 15. The molecule has 0 radical (unpaired) electrons. The Bertz CT molecular complexity index is 1900. The molecule has 1 aliphatic heterocycles. The van der Waals surface area contributed by atoms with Crippen LogP contribution in [0.2, 0.25) is 0 Å². The van der Waals surface area contributed by atoms with E-state index in [4.69, 9.17) is 14.2 Å². The lowest BCUT2D eigenvalue weighted by molar-refractivity contribution is 0.0197. The molecule has 58 heavy (non-hydrogen) atoms. The number of hydrogen-bond acceptors (Lipinski definition) is 8. The van der Waals surface area contributed by atoms with E-state index in [1.165, 1.54) is 31.2 Å². The summed E-state index contributed by atoms with van der Waals surface area (Å²) < 4.78 is 19.5. The van der Waals surface area contributed by atoms with Gasteiger partial charge >= 0.3 is 0 Å². The molecular formula is C50H68O8. The van der Waals surface area contributed by atoms with Gasteiger partial charge in [-0.2, -0.15) is 0 Å². The quantitative estimate of drug-likeness (QED) is 0.0760. The van der Waals surface area contributed by atoms with Gasteiger partial charge in [-0.3, -0.25) is 0 Å². The Hall–Kier alpha value is -3.72. The Morgan fingerprint density at radius 3 is 2.48 bits per heavy atom. The summed E-state index contributed by atoms with van der Waals surface area (Å²) in [7, 11) is 1.71. The van der Waals surface area contributed by atoms with Crippen molar-refractivity contribution in [3.63, 3.8) is 0 Å². The Morgan fingerprint density at radius 2 is 1.74 bits per heavy atom. The molecule has 0 spiro atoms.